The Morgan fingerprint density at radius 1 is 1.20 bits per heavy atom. The number of rotatable bonds is 3. The summed E-state index contributed by atoms with van der Waals surface area (Å²) in [4.78, 5) is 2.30. The highest BCUT2D eigenvalue weighted by Crippen LogP contribution is 2.27. The molecule has 0 saturated heterocycles. The number of halogens is 1. The summed E-state index contributed by atoms with van der Waals surface area (Å²) in [5, 5.41) is 3.16. The fourth-order valence-electron chi connectivity index (χ4n) is 2.75. The minimum Gasteiger partial charge on any atom is -0.379 e. The van der Waals surface area contributed by atoms with Gasteiger partial charge in [-0.2, -0.15) is 0 Å². The number of benzene rings is 2. The standard InChI is InChI=1S/C17H19FN2/c1-20-10-4-5-14-11-13(8-9-17(14)20)12-19-16-7-3-2-6-15(16)18/h2-3,6-9,11,19H,4-5,10,12H2,1H3. The third-order valence-electron chi connectivity index (χ3n) is 3.85. The smallest absolute Gasteiger partial charge is 0.146 e. The van der Waals surface area contributed by atoms with Crippen LogP contribution in [0, 0.1) is 5.82 Å². The molecule has 2 aromatic rings. The van der Waals surface area contributed by atoms with Gasteiger partial charge in [-0.1, -0.05) is 24.3 Å². The van der Waals surface area contributed by atoms with Gasteiger partial charge in [-0.25, -0.2) is 4.39 Å². The molecule has 104 valence electrons. The molecule has 3 heteroatoms. The van der Waals surface area contributed by atoms with Gasteiger partial charge in [0.15, 0.2) is 0 Å². The average Bonchev–Trinajstić information content (AvgIpc) is 2.46. The molecule has 2 aromatic carbocycles. The number of fused-ring (bicyclic) bond motifs is 1. The van der Waals surface area contributed by atoms with E-state index in [2.05, 4.69) is 35.5 Å². The third-order valence-corrected chi connectivity index (χ3v) is 3.85. The van der Waals surface area contributed by atoms with Crippen LogP contribution >= 0.6 is 0 Å². The highest BCUT2D eigenvalue weighted by Gasteiger charge is 2.13. The number of hydrogen-bond donors (Lipinski definition) is 1. The van der Waals surface area contributed by atoms with E-state index < -0.39 is 0 Å². The van der Waals surface area contributed by atoms with Gasteiger partial charge in [0.2, 0.25) is 0 Å². The predicted molar refractivity (Wildman–Crippen MR) is 81.8 cm³/mol. The first-order chi connectivity index (χ1) is 9.74. The Morgan fingerprint density at radius 2 is 2.05 bits per heavy atom. The van der Waals surface area contributed by atoms with Crippen molar-refractivity contribution in [1.29, 1.82) is 0 Å². The van der Waals surface area contributed by atoms with E-state index in [1.165, 1.54) is 29.3 Å². The lowest BCUT2D eigenvalue weighted by atomic mass is 9.99. The van der Waals surface area contributed by atoms with Crippen molar-refractivity contribution in [2.75, 3.05) is 23.8 Å². The van der Waals surface area contributed by atoms with E-state index in [0.29, 0.717) is 12.2 Å². The van der Waals surface area contributed by atoms with E-state index in [-0.39, 0.29) is 5.82 Å². The molecule has 0 amide bonds. The first-order valence-electron chi connectivity index (χ1n) is 7.05. The van der Waals surface area contributed by atoms with Crippen LogP contribution in [-0.2, 0) is 13.0 Å². The highest BCUT2D eigenvalue weighted by atomic mass is 19.1. The summed E-state index contributed by atoms with van der Waals surface area (Å²) in [6.45, 7) is 1.78. The molecule has 0 saturated carbocycles. The second kappa shape index (κ2) is 5.53. The van der Waals surface area contributed by atoms with E-state index >= 15 is 0 Å². The number of aryl methyl sites for hydroxylation is 1. The predicted octanol–water partition coefficient (Wildman–Crippen LogP) is 3.82. The van der Waals surface area contributed by atoms with Gasteiger partial charge in [0.05, 0.1) is 5.69 Å². The lowest BCUT2D eigenvalue weighted by Gasteiger charge is -2.27. The van der Waals surface area contributed by atoms with Crippen LogP contribution in [0.5, 0.6) is 0 Å². The van der Waals surface area contributed by atoms with Crippen molar-refractivity contribution in [3.63, 3.8) is 0 Å². The molecule has 0 bridgehead atoms. The number of para-hydroxylation sites is 1. The van der Waals surface area contributed by atoms with Crippen LogP contribution in [0.25, 0.3) is 0 Å². The van der Waals surface area contributed by atoms with Crippen molar-refractivity contribution in [2.24, 2.45) is 0 Å². The fraction of sp³-hybridized carbons (Fsp3) is 0.294. The zero-order valence-electron chi connectivity index (χ0n) is 11.7. The summed E-state index contributed by atoms with van der Waals surface area (Å²) in [6.07, 6.45) is 2.33. The quantitative estimate of drug-likeness (QED) is 0.912. The maximum Gasteiger partial charge on any atom is 0.146 e. The molecule has 0 atom stereocenters. The number of anilines is 2. The molecule has 0 spiro atoms. The maximum atomic E-state index is 13.5. The second-order valence-corrected chi connectivity index (χ2v) is 5.32. The van der Waals surface area contributed by atoms with Crippen molar-refractivity contribution in [3.8, 4) is 0 Å². The molecule has 0 unspecified atom stereocenters. The third kappa shape index (κ3) is 2.62. The van der Waals surface area contributed by atoms with Crippen molar-refractivity contribution < 1.29 is 4.39 Å². The average molecular weight is 270 g/mol. The molecule has 2 nitrogen and oxygen atoms in total. The molecule has 1 N–H and O–H groups in total. The molecule has 1 aliphatic rings. The Kier molecular flexibility index (Phi) is 3.59. The van der Waals surface area contributed by atoms with Crippen LogP contribution in [0.3, 0.4) is 0 Å². The molecule has 1 aliphatic heterocycles. The van der Waals surface area contributed by atoms with Gasteiger partial charge < -0.3 is 10.2 Å². The van der Waals surface area contributed by atoms with Crippen molar-refractivity contribution in [2.45, 2.75) is 19.4 Å². The van der Waals surface area contributed by atoms with Crippen molar-refractivity contribution in [1.82, 2.24) is 0 Å². The van der Waals surface area contributed by atoms with Crippen molar-refractivity contribution >= 4 is 11.4 Å². The topological polar surface area (TPSA) is 15.3 Å². The van der Waals surface area contributed by atoms with Gasteiger partial charge in [0, 0.05) is 25.8 Å². The maximum absolute atomic E-state index is 13.5. The summed E-state index contributed by atoms with van der Waals surface area (Å²) < 4.78 is 13.5. The van der Waals surface area contributed by atoms with E-state index in [1.807, 2.05) is 6.07 Å². The highest BCUT2D eigenvalue weighted by molar-refractivity contribution is 5.56. The van der Waals surface area contributed by atoms with Crippen LogP contribution in [0.4, 0.5) is 15.8 Å². The van der Waals surface area contributed by atoms with Crippen LogP contribution in [-0.4, -0.2) is 13.6 Å². The molecule has 20 heavy (non-hydrogen) atoms. The molecule has 0 radical (unpaired) electrons. The lowest BCUT2D eigenvalue weighted by molar-refractivity contribution is 0.630. The van der Waals surface area contributed by atoms with Crippen LogP contribution in [0.1, 0.15) is 17.5 Å². The summed E-state index contributed by atoms with van der Waals surface area (Å²) in [7, 11) is 2.13. The molecule has 3 rings (SSSR count). The monoisotopic (exact) mass is 270 g/mol. The first-order valence-corrected chi connectivity index (χ1v) is 7.05. The van der Waals surface area contributed by atoms with Crippen LogP contribution in [0.15, 0.2) is 42.5 Å². The van der Waals surface area contributed by atoms with E-state index in [0.717, 1.165) is 13.0 Å². The summed E-state index contributed by atoms with van der Waals surface area (Å²) in [6, 6.07) is 13.3. The lowest BCUT2D eigenvalue weighted by Crippen LogP contribution is -2.24. The number of nitrogens with zero attached hydrogens (tertiary/aromatic N) is 1. The number of hydrogen-bond acceptors (Lipinski definition) is 2. The SMILES string of the molecule is CN1CCCc2cc(CNc3ccccc3F)ccc21. The van der Waals surface area contributed by atoms with Crippen LogP contribution in [0.2, 0.25) is 0 Å². The van der Waals surface area contributed by atoms with Gasteiger partial charge in [-0.15, -0.1) is 0 Å². The first kappa shape index (κ1) is 13.0. The minimum absolute atomic E-state index is 0.204. The Balaban J connectivity index is 1.74. The van der Waals surface area contributed by atoms with E-state index in [4.69, 9.17) is 0 Å². The largest absolute Gasteiger partial charge is 0.379 e. The Labute approximate surface area is 119 Å². The normalized spacial score (nSPS) is 14.0. The Hall–Kier alpha value is -2.03. The molecular formula is C17H19FN2. The van der Waals surface area contributed by atoms with Gasteiger partial charge in [-0.3, -0.25) is 0 Å². The van der Waals surface area contributed by atoms with Gasteiger partial charge in [0.25, 0.3) is 0 Å². The van der Waals surface area contributed by atoms with Crippen LogP contribution < -0.4 is 10.2 Å². The fourth-order valence-corrected chi connectivity index (χ4v) is 2.75. The Morgan fingerprint density at radius 3 is 2.90 bits per heavy atom. The minimum atomic E-state index is -0.204. The summed E-state index contributed by atoms with van der Waals surface area (Å²) in [5.41, 5.74) is 4.47. The Bertz CT molecular complexity index is 610. The summed E-state index contributed by atoms with van der Waals surface area (Å²) in [5.74, 6) is -0.204. The van der Waals surface area contributed by atoms with E-state index in [1.54, 1.807) is 12.1 Å². The van der Waals surface area contributed by atoms with Crippen molar-refractivity contribution in [3.05, 3.63) is 59.4 Å². The summed E-state index contributed by atoms with van der Waals surface area (Å²) >= 11 is 0. The number of nitrogens with one attached hydrogen (secondary N) is 1. The molecular weight excluding hydrogens is 251 g/mol. The van der Waals surface area contributed by atoms with Gasteiger partial charge in [0.1, 0.15) is 5.82 Å². The molecule has 0 aromatic heterocycles. The second-order valence-electron chi connectivity index (χ2n) is 5.32. The van der Waals surface area contributed by atoms with Gasteiger partial charge >= 0.3 is 0 Å². The molecule has 0 aliphatic carbocycles. The zero-order chi connectivity index (χ0) is 13.9. The molecule has 1 heterocycles. The van der Waals surface area contributed by atoms with Gasteiger partial charge in [-0.05, 0) is 42.2 Å². The zero-order valence-corrected chi connectivity index (χ0v) is 11.7. The molecule has 0 fully saturated rings. The van der Waals surface area contributed by atoms with E-state index in [9.17, 15) is 4.39 Å².